The summed E-state index contributed by atoms with van der Waals surface area (Å²) in [7, 11) is -3.69. The minimum atomic E-state index is -3.69. The van der Waals surface area contributed by atoms with Gasteiger partial charge in [-0.3, -0.25) is 4.31 Å². The molecule has 0 amide bonds. The lowest BCUT2D eigenvalue weighted by Crippen LogP contribution is -2.31. The zero-order valence-corrected chi connectivity index (χ0v) is 12.5. The molecule has 0 bridgehead atoms. The molecule has 0 radical (unpaired) electrons. The highest BCUT2D eigenvalue weighted by molar-refractivity contribution is 7.88. The third kappa shape index (κ3) is 4.05. The maximum Gasteiger partial charge on any atom is 0.344 e. The number of nitrogens with zero attached hydrogens (tertiary/aromatic N) is 2. The van der Waals surface area contributed by atoms with Crippen LogP contribution in [-0.2, 0) is 19.7 Å². The molecule has 7 heteroatoms. The summed E-state index contributed by atoms with van der Waals surface area (Å²) >= 11 is 0. The average Bonchev–Trinajstić information content (AvgIpc) is 2.27. The quantitative estimate of drug-likeness (QED) is 0.718. The Labute approximate surface area is 114 Å². The zero-order valence-electron chi connectivity index (χ0n) is 11.7. The molecule has 0 aliphatic carbocycles. The van der Waals surface area contributed by atoms with Crippen molar-refractivity contribution in [1.29, 1.82) is 0 Å². The molecule has 6 nitrogen and oxygen atoms in total. The largest absolute Gasteiger partial charge is 0.462 e. The van der Waals surface area contributed by atoms with Gasteiger partial charge in [-0.25, -0.2) is 4.79 Å². The van der Waals surface area contributed by atoms with Crippen LogP contribution in [0.4, 0.5) is 0 Å². The van der Waals surface area contributed by atoms with Crippen molar-refractivity contribution < 1.29 is 17.9 Å². The van der Waals surface area contributed by atoms with Crippen molar-refractivity contribution in [3.8, 4) is 0 Å². The van der Waals surface area contributed by atoms with Crippen LogP contribution in [0.3, 0.4) is 0 Å². The third-order valence-electron chi connectivity index (χ3n) is 2.67. The van der Waals surface area contributed by atoms with Crippen LogP contribution in [-0.4, -0.2) is 37.6 Å². The second-order valence-electron chi connectivity index (χ2n) is 4.72. The van der Waals surface area contributed by atoms with Gasteiger partial charge in [0.1, 0.15) is 0 Å². The third-order valence-corrected chi connectivity index (χ3v) is 4.13. The fourth-order valence-electron chi connectivity index (χ4n) is 1.50. The van der Waals surface area contributed by atoms with Gasteiger partial charge >= 0.3 is 16.2 Å². The number of hydrogen-bond acceptors (Lipinski definition) is 4. The SMILES string of the molecule is CCN1C=C(C(=O)OCCC(C)C)C(C)=NS1(=O)=O. The van der Waals surface area contributed by atoms with E-state index in [0.29, 0.717) is 12.5 Å². The van der Waals surface area contributed by atoms with Crippen LogP contribution in [0.15, 0.2) is 16.2 Å². The Morgan fingerprint density at radius 2 is 2.11 bits per heavy atom. The predicted octanol–water partition coefficient (Wildman–Crippen LogP) is 1.50. The van der Waals surface area contributed by atoms with Gasteiger partial charge in [0.2, 0.25) is 0 Å². The molecule has 19 heavy (non-hydrogen) atoms. The van der Waals surface area contributed by atoms with Crippen molar-refractivity contribution in [1.82, 2.24) is 4.31 Å². The van der Waals surface area contributed by atoms with Gasteiger partial charge in [0.05, 0.1) is 17.9 Å². The first-order valence-electron chi connectivity index (χ1n) is 6.25. The van der Waals surface area contributed by atoms with Crippen molar-refractivity contribution in [3.05, 3.63) is 11.8 Å². The van der Waals surface area contributed by atoms with Gasteiger partial charge in [0, 0.05) is 12.7 Å². The minimum Gasteiger partial charge on any atom is -0.462 e. The van der Waals surface area contributed by atoms with E-state index in [4.69, 9.17) is 4.74 Å². The summed E-state index contributed by atoms with van der Waals surface area (Å²) in [4.78, 5) is 11.9. The molecule has 0 aromatic heterocycles. The zero-order chi connectivity index (χ0) is 14.6. The van der Waals surface area contributed by atoms with Crippen LogP contribution in [0.1, 0.15) is 34.1 Å². The van der Waals surface area contributed by atoms with E-state index in [2.05, 4.69) is 4.40 Å². The Hall–Kier alpha value is -1.37. The summed E-state index contributed by atoms with van der Waals surface area (Å²) < 4.78 is 33.0. The molecule has 1 heterocycles. The summed E-state index contributed by atoms with van der Waals surface area (Å²) in [5.74, 6) is -0.0920. The van der Waals surface area contributed by atoms with Crippen molar-refractivity contribution in [2.45, 2.75) is 34.1 Å². The van der Waals surface area contributed by atoms with Gasteiger partial charge < -0.3 is 4.74 Å². The molecule has 0 atom stereocenters. The first kappa shape index (κ1) is 15.7. The van der Waals surface area contributed by atoms with E-state index in [1.807, 2.05) is 13.8 Å². The molecule has 108 valence electrons. The number of esters is 1. The lowest BCUT2D eigenvalue weighted by molar-refractivity contribution is -0.138. The monoisotopic (exact) mass is 288 g/mol. The second-order valence-corrected chi connectivity index (χ2v) is 6.27. The van der Waals surface area contributed by atoms with Gasteiger partial charge in [0.15, 0.2) is 0 Å². The van der Waals surface area contributed by atoms with E-state index in [0.717, 1.165) is 10.7 Å². The van der Waals surface area contributed by atoms with Crippen LogP contribution in [0.5, 0.6) is 0 Å². The van der Waals surface area contributed by atoms with Gasteiger partial charge in [-0.15, -0.1) is 4.40 Å². The van der Waals surface area contributed by atoms with Crippen LogP contribution in [0.2, 0.25) is 0 Å². The average molecular weight is 288 g/mol. The Morgan fingerprint density at radius 3 is 2.63 bits per heavy atom. The van der Waals surface area contributed by atoms with Crippen molar-refractivity contribution in [3.63, 3.8) is 0 Å². The standard InChI is InChI=1S/C12H20N2O4S/c1-5-14-8-11(10(4)13-19(14,16)17)12(15)18-7-6-9(2)3/h8-9H,5-7H2,1-4H3. The van der Waals surface area contributed by atoms with Crippen LogP contribution in [0, 0.1) is 5.92 Å². The lowest BCUT2D eigenvalue weighted by atomic mass is 10.1. The molecule has 0 fully saturated rings. The molecular weight excluding hydrogens is 268 g/mol. The summed E-state index contributed by atoms with van der Waals surface area (Å²) in [6, 6.07) is 0. The summed E-state index contributed by atoms with van der Waals surface area (Å²) in [5.41, 5.74) is 0.361. The minimum absolute atomic E-state index is 0.166. The van der Waals surface area contributed by atoms with E-state index in [1.165, 1.54) is 13.1 Å². The molecule has 1 aliphatic heterocycles. The van der Waals surface area contributed by atoms with Crippen molar-refractivity contribution in [2.24, 2.45) is 10.3 Å². The fourth-order valence-corrected chi connectivity index (χ4v) is 2.61. The molecule has 0 saturated carbocycles. The molecule has 0 unspecified atom stereocenters. The smallest absolute Gasteiger partial charge is 0.344 e. The number of carbonyl (C=O) groups is 1. The Bertz CT molecular complexity index is 506. The maximum atomic E-state index is 11.9. The highest BCUT2D eigenvalue weighted by Crippen LogP contribution is 2.17. The number of rotatable bonds is 5. The molecule has 0 aromatic rings. The van der Waals surface area contributed by atoms with Gasteiger partial charge in [-0.2, -0.15) is 8.42 Å². The maximum absolute atomic E-state index is 11.9. The van der Waals surface area contributed by atoms with Gasteiger partial charge in [-0.05, 0) is 26.2 Å². The van der Waals surface area contributed by atoms with Gasteiger partial charge in [0.25, 0.3) is 0 Å². The highest BCUT2D eigenvalue weighted by Gasteiger charge is 2.27. The van der Waals surface area contributed by atoms with Gasteiger partial charge in [-0.1, -0.05) is 13.8 Å². The molecular formula is C12H20N2O4S. The molecule has 0 spiro atoms. The Morgan fingerprint density at radius 1 is 1.47 bits per heavy atom. The predicted molar refractivity (Wildman–Crippen MR) is 72.9 cm³/mol. The van der Waals surface area contributed by atoms with Crippen LogP contribution in [0.25, 0.3) is 0 Å². The summed E-state index contributed by atoms with van der Waals surface area (Å²) in [6.45, 7) is 7.77. The molecule has 1 rings (SSSR count). The molecule has 1 aliphatic rings. The Balaban J connectivity index is 2.80. The second kappa shape index (κ2) is 6.18. The molecule has 0 aromatic carbocycles. The topological polar surface area (TPSA) is 76.0 Å². The highest BCUT2D eigenvalue weighted by atomic mass is 32.2. The van der Waals surface area contributed by atoms with E-state index in [1.54, 1.807) is 6.92 Å². The number of ether oxygens (including phenoxy) is 1. The normalized spacial score (nSPS) is 18.1. The first-order chi connectivity index (χ1) is 8.77. The van der Waals surface area contributed by atoms with Crippen molar-refractivity contribution >= 4 is 21.9 Å². The van der Waals surface area contributed by atoms with Crippen LogP contribution < -0.4 is 0 Å². The van der Waals surface area contributed by atoms with E-state index >= 15 is 0 Å². The van der Waals surface area contributed by atoms with Crippen LogP contribution >= 0.6 is 0 Å². The summed E-state index contributed by atoms with van der Waals surface area (Å²) in [5, 5.41) is 0. The fraction of sp³-hybridized carbons (Fsp3) is 0.667. The van der Waals surface area contributed by atoms with E-state index in [9.17, 15) is 13.2 Å². The summed E-state index contributed by atoms with van der Waals surface area (Å²) in [6.07, 6.45) is 2.06. The van der Waals surface area contributed by atoms with E-state index in [-0.39, 0.29) is 17.8 Å². The molecule has 0 N–H and O–H groups in total. The van der Waals surface area contributed by atoms with E-state index < -0.39 is 16.2 Å². The van der Waals surface area contributed by atoms with Crippen molar-refractivity contribution in [2.75, 3.05) is 13.2 Å². The lowest BCUT2D eigenvalue weighted by Gasteiger charge is -2.21. The Kier molecular flexibility index (Phi) is 5.11. The number of hydrogen-bond donors (Lipinski definition) is 0. The first-order valence-corrected chi connectivity index (χ1v) is 7.65. The molecule has 0 saturated heterocycles. The number of carbonyl (C=O) groups excluding carboxylic acids is 1.